The van der Waals surface area contributed by atoms with Crippen LogP contribution in [0, 0.1) is 0 Å². The van der Waals surface area contributed by atoms with E-state index < -0.39 is 5.60 Å². The summed E-state index contributed by atoms with van der Waals surface area (Å²) in [5, 5.41) is 0. The van der Waals surface area contributed by atoms with E-state index in [1.165, 1.54) is 0 Å². The first-order valence-corrected chi connectivity index (χ1v) is 6.14. The number of piperidine rings is 1. The first-order chi connectivity index (χ1) is 7.37. The molecular weight excluding hydrogens is 204 g/mol. The quantitative estimate of drug-likeness (QED) is 0.686. The normalized spacial score (nSPS) is 34.0. The summed E-state index contributed by atoms with van der Waals surface area (Å²) in [6.45, 7) is 5.72. The molecule has 0 aromatic rings. The number of amides is 1. The van der Waals surface area contributed by atoms with Gasteiger partial charge < -0.3 is 15.4 Å². The lowest BCUT2D eigenvalue weighted by atomic mass is 9.99. The fraction of sp³-hybridized carbons (Fsp3) is 0.917. The minimum Gasteiger partial charge on any atom is -0.444 e. The molecule has 2 unspecified atom stereocenters. The molecule has 0 aromatic heterocycles. The van der Waals surface area contributed by atoms with E-state index in [4.69, 9.17) is 10.5 Å². The lowest BCUT2D eigenvalue weighted by Crippen LogP contribution is -2.51. The number of fused-ring (bicyclic) bond motifs is 2. The van der Waals surface area contributed by atoms with Crippen LogP contribution in [0.25, 0.3) is 0 Å². The van der Waals surface area contributed by atoms with Gasteiger partial charge in [-0.05, 0) is 46.5 Å². The molecule has 0 radical (unpaired) electrons. The van der Waals surface area contributed by atoms with Gasteiger partial charge in [-0.1, -0.05) is 0 Å². The molecule has 2 fully saturated rings. The van der Waals surface area contributed by atoms with E-state index >= 15 is 0 Å². The number of hydrogen-bond donors (Lipinski definition) is 1. The third kappa shape index (κ3) is 2.32. The lowest BCUT2D eigenvalue weighted by Gasteiger charge is -2.38. The van der Waals surface area contributed by atoms with Crippen LogP contribution >= 0.6 is 0 Å². The van der Waals surface area contributed by atoms with Crippen LogP contribution in [0.2, 0.25) is 0 Å². The van der Waals surface area contributed by atoms with E-state index in [1.54, 1.807) is 0 Å². The average molecular weight is 226 g/mol. The van der Waals surface area contributed by atoms with Gasteiger partial charge in [-0.2, -0.15) is 0 Å². The summed E-state index contributed by atoms with van der Waals surface area (Å²) in [6.07, 6.45) is 3.85. The second kappa shape index (κ2) is 3.91. The van der Waals surface area contributed by atoms with E-state index in [9.17, 15) is 4.79 Å². The predicted octanol–water partition coefficient (Wildman–Crippen LogP) is 1.88. The summed E-state index contributed by atoms with van der Waals surface area (Å²) >= 11 is 0. The molecule has 2 heterocycles. The summed E-state index contributed by atoms with van der Waals surface area (Å²) < 4.78 is 5.44. The van der Waals surface area contributed by atoms with Crippen molar-refractivity contribution >= 4 is 6.09 Å². The number of nitrogens with two attached hydrogens (primary N) is 1. The van der Waals surface area contributed by atoms with Crippen LogP contribution in [-0.2, 0) is 4.74 Å². The standard InChI is InChI=1S/C12H22N2O2/c1-12(2,3)16-11(15)14-9-4-5-10(14)7-8(13)6-9/h8-10H,4-7,13H2,1-3H3/t8?,9-,10?/m0/s1. The van der Waals surface area contributed by atoms with Gasteiger partial charge in [0.15, 0.2) is 0 Å². The highest BCUT2D eigenvalue weighted by atomic mass is 16.6. The number of rotatable bonds is 0. The third-order valence-electron chi connectivity index (χ3n) is 3.37. The SMILES string of the molecule is CC(C)(C)OC(=O)N1C2CC[C@H]1CC(N)C2. The van der Waals surface area contributed by atoms with Gasteiger partial charge in [0.05, 0.1) is 0 Å². The molecule has 2 N–H and O–H groups in total. The minimum absolute atomic E-state index is 0.160. The van der Waals surface area contributed by atoms with Gasteiger partial charge in [-0.15, -0.1) is 0 Å². The highest BCUT2D eigenvalue weighted by Gasteiger charge is 2.43. The Morgan fingerprint density at radius 3 is 2.19 bits per heavy atom. The van der Waals surface area contributed by atoms with Crippen molar-refractivity contribution in [2.24, 2.45) is 5.73 Å². The Labute approximate surface area is 97.1 Å². The van der Waals surface area contributed by atoms with Gasteiger partial charge in [0.2, 0.25) is 0 Å². The van der Waals surface area contributed by atoms with Gasteiger partial charge >= 0.3 is 6.09 Å². The van der Waals surface area contributed by atoms with Crippen molar-refractivity contribution in [1.29, 1.82) is 0 Å². The molecule has 2 aliphatic heterocycles. The summed E-state index contributed by atoms with van der Waals surface area (Å²) in [7, 11) is 0. The summed E-state index contributed by atoms with van der Waals surface area (Å²) in [5.41, 5.74) is 5.56. The Balaban J connectivity index is 2.03. The van der Waals surface area contributed by atoms with Crippen molar-refractivity contribution in [3.63, 3.8) is 0 Å². The summed E-state index contributed by atoms with van der Waals surface area (Å²) in [4.78, 5) is 14.0. The highest BCUT2D eigenvalue weighted by Crippen LogP contribution is 2.36. The molecule has 2 saturated heterocycles. The van der Waals surface area contributed by atoms with E-state index in [0.29, 0.717) is 12.1 Å². The molecule has 2 bridgehead atoms. The zero-order valence-electron chi connectivity index (χ0n) is 10.4. The van der Waals surface area contributed by atoms with Crippen molar-refractivity contribution in [1.82, 2.24) is 4.90 Å². The number of nitrogens with zero attached hydrogens (tertiary/aromatic N) is 1. The van der Waals surface area contributed by atoms with Gasteiger partial charge in [0.1, 0.15) is 5.60 Å². The average Bonchev–Trinajstić information content (AvgIpc) is 2.36. The maximum Gasteiger partial charge on any atom is 0.410 e. The van der Waals surface area contributed by atoms with Crippen LogP contribution in [0.5, 0.6) is 0 Å². The minimum atomic E-state index is -0.407. The Bertz CT molecular complexity index is 271. The molecule has 92 valence electrons. The maximum absolute atomic E-state index is 12.0. The van der Waals surface area contributed by atoms with Crippen molar-refractivity contribution in [3.05, 3.63) is 0 Å². The van der Waals surface area contributed by atoms with Crippen LogP contribution < -0.4 is 5.73 Å². The van der Waals surface area contributed by atoms with E-state index in [-0.39, 0.29) is 12.1 Å². The topological polar surface area (TPSA) is 55.6 Å². The predicted molar refractivity (Wildman–Crippen MR) is 62.1 cm³/mol. The van der Waals surface area contributed by atoms with Gasteiger partial charge in [-0.3, -0.25) is 0 Å². The van der Waals surface area contributed by atoms with Crippen LogP contribution in [-0.4, -0.2) is 34.7 Å². The first kappa shape index (κ1) is 11.7. The molecular formula is C12H22N2O2. The van der Waals surface area contributed by atoms with E-state index in [1.807, 2.05) is 25.7 Å². The molecule has 0 aromatic carbocycles. The zero-order chi connectivity index (χ0) is 11.9. The first-order valence-electron chi connectivity index (χ1n) is 6.14. The van der Waals surface area contributed by atoms with E-state index in [2.05, 4.69) is 0 Å². The second-order valence-corrected chi connectivity index (χ2v) is 6.00. The van der Waals surface area contributed by atoms with Crippen LogP contribution in [0.15, 0.2) is 0 Å². The molecule has 0 saturated carbocycles. The monoisotopic (exact) mass is 226 g/mol. The van der Waals surface area contributed by atoms with Gasteiger partial charge in [0, 0.05) is 18.1 Å². The Morgan fingerprint density at radius 2 is 1.75 bits per heavy atom. The Hall–Kier alpha value is -0.770. The van der Waals surface area contributed by atoms with E-state index in [0.717, 1.165) is 25.7 Å². The smallest absolute Gasteiger partial charge is 0.410 e. The Kier molecular flexibility index (Phi) is 2.86. The number of ether oxygens (including phenoxy) is 1. The van der Waals surface area contributed by atoms with Crippen LogP contribution in [0.3, 0.4) is 0 Å². The van der Waals surface area contributed by atoms with Crippen molar-refractivity contribution < 1.29 is 9.53 Å². The molecule has 3 atom stereocenters. The molecule has 4 nitrogen and oxygen atoms in total. The maximum atomic E-state index is 12.0. The summed E-state index contributed by atoms with van der Waals surface area (Å²) in [5.74, 6) is 0. The van der Waals surface area contributed by atoms with Gasteiger partial charge in [-0.25, -0.2) is 4.79 Å². The highest BCUT2D eigenvalue weighted by molar-refractivity contribution is 5.69. The van der Waals surface area contributed by atoms with Crippen molar-refractivity contribution in [2.75, 3.05) is 0 Å². The van der Waals surface area contributed by atoms with Crippen molar-refractivity contribution in [3.8, 4) is 0 Å². The largest absolute Gasteiger partial charge is 0.444 e. The van der Waals surface area contributed by atoms with Crippen molar-refractivity contribution in [2.45, 2.75) is 70.2 Å². The molecule has 4 heteroatoms. The van der Waals surface area contributed by atoms with Crippen LogP contribution in [0.4, 0.5) is 4.79 Å². The third-order valence-corrected chi connectivity index (χ3v) is 3.37. The number of carbonyl (C=O) groups is 1. The number of carbonyl (C=O) groups excluding carboxylic acids is 1. The van der Waals surface area contributed by atoms with Crippen LogP contribution in [0.1, 0.15) is 46.5 Å². The fourth-order valence-corrected chi connectivity index (χ4v) is 2.83. The summed E-state index contributed by atoms with van der Waals surface area (Å²) in [6, 6.07) is 0.878. The molecule has 2 aliphatic rings. The number of hydrogen-bond acceptors (Lipinski definition) is 3. The molecule has 16 heavy (non-hydrogen) atoms. The molecule has 2 rings (SSSR count). The zero-order valence-corrected chi connectivity index (χ0v) is 10.4. The molecule has 0 spiro atoms. The Morgan fingerprint density at radius 1 is 1.25 bits per heavy atom. The fourth-order valence-electron chi connectivity index (χ4n) is 2.83. The lowest BCUT2D eigenvalue weighted by molar-refractivity contribution is 0.00620. The molecule has 0 aliphatic carbocycles. The second-order valence-electron chi connectivity index (χ2n) is 6.00. The van der Waals surface area contributed by atoms with Gasteiger partial charge in [0.25, 0.3) is 0 Å². The molecule has 1 amide bonds.